The number of nitrogens with one attached hydrogen (secondary N) is 2. The van der Waals surface area contributed by atoms with E-state index in [9.17, 15) is 19.0 Å². The highest BCUT2D eigenvalue weighted by atomic mass is 32.3. The lowest BCUT2D eigenvalue weighted by molar-refractivity contribution is 0.0830. The fourth-order valence-corrected chi connectivity index (χ4v) is 7.88. The Hall–Kier alpha value is -3.08. The molecule has 2 fully saturated rings. The normalized spacial score (nSPS) is 19.0. The standard InChI is InChI=1S/C34H45N3O5S/c1-42-31-15-9-12-26(18-31)23-35-24-33(38)32(19-25-10-3-2-4-11-25)36-34(39)29-20-28(27-13-5-6-14-27)21-30(22-29)37-16-7-8-17-43(37,40)41/h2-4,9-12,15,18,20-22,27,32-33,35,38,40-41H,5-8,13-14,16-17,19,23-24H2,1H3,(H,36,39)/t32-,33+/m0/s1. The average Bonchev–Trinajstić information content (AvgIpc) is 3.56. The quantitative estimate of drug-likeness (QED) is 0.169. The summed E-state index contributed by atoms with van der Waals surface area (Å²) < 4.78 is 28.8. The Bertz CT molecular complexity index is 1350. The second-order valence-electron chi connectivity index (χ2n) is 11.8. The van der Waals surface area contributed by atoms with E-state index in [0.29, 0.717) is 42.4 Å². The summed E-state index contributed by atoms with van der Waals surface area (Å²) in [5, 5.41) is 17.8. The van der Waals surface area contributed by atoms with Crippen LogP contribution in [0.4, 0.5) is 5.69 Å². The molecule has 1 amide bonds. The number of aliphatic hydroxyl groups is 1. The molecule has 1 aliphatic carbocycles. The zero-order chi connectivity index (χ0) is 30.2. The molecule has 0 aromatic heterocycles. The molecule has 3 aromatic carbocycles. The van der Waals surface area contributed by atoms with Gasteiger partial charge in [-0.05, 0) is 85.0 Å². The third-order valence-electron chi connectivity index (χ3n) is 8.60. The molecule has 1 saturated heterocycles. The van der Waals surface area contributed by atoms with Crippen LogP contribution < -0.4 is 19.7 Å². The molecule has 3 aromatic rings. The third-order valence-corrected chi connectivity index (χ3v) is 10.5. The third kappa shape index (κ3) is 8.31. The molecule has 2 atom stereocenters. The molecule has 232 valence electrons. The zero-order valence-corrected chi connectivity index (χ0v) is 25.8. The van der Waals surface area contributed by atoms with Crippen molar-refractivity contribution in [3.05, 3.63) is 95.1 Å². The van der Waals surface area contributed by atoms with E-state index >= 15 is 0 Å². The predicted octanol–water partition coefficient (Wildman–Crippen LogP) is 6.11. The monoisotopic (exact) mass is 607 g/mol. The maximum absolute atomic E-state index is 13.9. The predicted molar refractivity (Wildman–Crippen MR) is 174 cm³/mol. The van der Waals surface area contributed by atoms with Crippen molar-refractivity contribution in [2.24, 2.45) is 0 Å². The first-order chi connectivity index (χ1) is 20.8. The minimum Gasteiger partial charge on any atom is -0.497 e. The van der Waals surface area contributed by atoms with Crippen molar-refractivity contribution < 1.29 is 23.7 Å². The molecule has 43 heavy (non-hydrogen) atoms. The molecular formula is C34H45N3O5S. The van der Waals surface area contributed by atoms with E-state index in [2.05, 4.69) is 10.6 Å². The molecule has 8 nitrogen and oxygen atoms in total. The number of benzene rings is 3. The molecule has 0 radical (unpaired) electrons. The molecule has 2 aliphatic rings. The highest BCUT2D eigenvalue weighted by molar-refractivity contribution is 8.25. The topological polar surface area (TPSA) is 114 Å². The number of carbonyl (C=O) groups is 1. The fraction of sp³-hybridized carbons (Fsp3) is 0.441. The Morgan fingerprint density at radius 3 is 2.49 bits per heavy atom. The van der Waals surface area contributed by atoms with Gasteiger partial charge in [0, 0.05) is 25.2 Å². The van der Waals surface area contributed by atoms with Crippen molar-refractivity contribution >= 4 is 22.4 Å². The largest absolute Gasteiger partial charge is 0.497 e. The SMILES string of the molecule is COc1cccc(CNC[C@@H](O)[C@H](Cc2ccccc2)NC(=O)c2cc(C3CCCC3)cc(N3CCCCS3(O)O)c2)c1. The number of rotatable bonds is 12. The first kappa shape index (κ1) is 31.3. The summed E-state index contributed by atoms with van der Waals surface area (Å²) in [6.45, 7) is 1.39. The molecule has 1 aliphatic heterocycles. The summed E-state index contributed by atoms with van der Waals surface area (Å²) in [6, 6.07) is 22.9. The van der Waals surface area contributed by atoms with Crippen LogP contribution in [0, 0.1) is 0 Å². The van der Waals surface area contributed by atoms with Crippen molar-refractivity contribution in [1.82, 2.24) is 10.6 Å². The van der Waals surface area contributed by atoms with Gasteiger partial charge in [0.15, 0.2) is 0 Å². The molecule has 5 N–H and O–H groups in total. The maximum Gasteiger partial charge on any atom is 0.251 e. The Kier molecular flexibility index (Phi) is 10.6. The summed E-state index contributed by atoms with van der Waals surface area (Å²) >= 11 is 0. The van der Waals surface area contributed by atoms with Gasteiger partial charge in [-0.2, -0.15) is 0 Å². The van der Waals surface area contributed by atoms with Crippen molar-refractivity contribution in [3.8, 4) is 5.75 Å². The lowest BCUT2D eigenvalue weighted by Gasteiger charge is -2.47. The Morgan fingerprint density at radius 2 is 1.74 bits per heavy atom. The summed E-state index contributed by atoms with van der Waals surface area (Å²) in [4.78, 5) is 13.9. The molecule has 0 unspecified atom stereocenters. The molecule has 5 rings (SSSR count). The minimum absolute atomic E-state index is 0.276. The first-order valence-corrected chi connectivity index (χ1v) is 17.0. The van der Waals surface area contributed by atoms with E-state index in [1.807, 2.05) is 66.7 Å². The number of aliphatic hydroxyl groups excluding tert-OH is 1. The smallest absolute Gasteiger partial charge is 0.251 e. The van der Waals surface area contributed by atoms with Crippen LogP contribution in [0.3, 0.4) is 0 Å². The van der Waals surface area contributed by atoms with E-state index in [1.165, 1.54) is 0 Å². The van der Waals surface area contributed by atoms with Crippen LogP contribution in [0.2, 0.25) is 0 Å². The molecule has 0 spiro atoms. The lowest BCUT2D eigenvalue weighted by Crippen LogP contribution is -2.48. The van der Waals surface area contributed by atoms with Gasteiger partial charge >= 0.3 is 0 Å². The first-order valence-electron chi connectivity index (χ1n) is 15.4. The highest BCUT2D eigenvalue weighted by Crippen LogP contribution is 2.50. The van der Waals surface area contributed by atoms with Gasteiger partial charge in [0.25, 0.3) is 5.91 Å². The summed E-state index contributed by atoms with van der Waals surface area (Å²) in [5.74, 6) is 1.20. The van der Waals surface area contributed by atoms with E-state index in [0.717, 1.165) is 61.0 Å². The molecular weight excluding hydrogens is 562 g/mol. The van der Waals surface area contributed by atoms with Gasteiger partial charge in [-0.25, -0.2) is 0 Å². The second-order valence-corrected chi connectivity index (χ2v) is 13.9. The average molecular weight is 608 g/mol. The molecule has 1 heterocycles. The van der Waals surface area contributed by atoms with Crippen molar-refractivity contribution in [2.75, 3.05) is 30.3 Å². The van der Waals surface area contributed by atoms with Crippen LogP contribution in [0.1, 0.15) is 71.5 Å². The fourth-order valence-electron chi connectivity index (χ4n) is 6.20. The van der Waals surface area contributed by atoms with Crippen LogP contribution >= 0.6 is 10.8 Å². The maximum atomic E-state index is 13.9. The van der Waals surface area contributed by atoms with Crippen molar-refractivity contribution in [1.29, 1.82) is 0 Å². The second kappa shape index (κ2) is 14.6. The van der Waals surface area contributed by atoms with Crippen molar-refractivity contribution in [3.63, 3.8) is 0 Å². The molecule has 1 saturated carbocycles. The summed E-state index contributed by atoms with van der Waals surface area (Å²) in [7, 11) is -1.29. The molecule has 9 heteroatoms. The van der Waals surface area contributed by atoms with E-state index in [4.69, 9.17) is 4.74 Å². The Morgan fingerprint density at radius 1 is 0.977 bits per heavy atom. The zero-order valence-electron chi connectivity index (χ0n) is 25.0. The highest BCUT2D eigenvalue weighted by Gasteiger charge is 2.30. The number of hydrogen-bond acceptors (Lipinski definition) is 7. The number of anilines is 1. The number of ether oxygens (including phenoxy) is 1. The van der Waals surface area contributed by atoms with Crippen molar-refractivity contribution in [2.45, 2.75) is 69.6 Å². The number of nitrogens with zero attached hydrogens (tertiary/aromatic N) is 1. The number of amides is 1. The van der Waals surface area contributed by atoms with Gasteiger partial charge in [0.2, 0.25) is 0 Å². The van der Waals surface area contributed by atoms with Gasteiger partial charge in [-0.3, -0.25) is 18.2 Å². The number of carbonyl (C=O) groups excluding carboxylic acids is 1. The van der Waals surface area contributed by atoms with Crippen LogP contribution in [-0.2, 0) is 13.0 Å². The van der Waals surface area contributed by atoms with Crippen LogP contribution in [-0.4, -0.2) is 58.2 Å². The Balaban J connectivity index is 1.35. The minimum atomic E-state index is -2.93. The van der Waals surface area contributed by atoms with Gasteiger partial charge < -0.3 is 20.5 Å². The summed E-state index contributed by atoms with van der Waals surface area (Å²) in [5.41, 5.74) is 4.29. The molecule has 0 bridgehead atoms. The van der Waals surface area contributed by atoms with Gasteiger partial charge in [-0.1, -0.05) is 55.3 Å². The van der Waals surface area contributed by atoms with E-state index in [1.54, 1.807) is 17.5 Å². The van der Waals surface area contributed by atoms with E-state index < -0.39 is 22.9 Å². The van der Waals surface area contributed by atoms with E-state index in [-0.39, 0.29) is 12.5 Å². The van der Waals surface area contributed by atoms with Gasteiger partial charge in [0.05, 0.1) is 30.7 Å². The van der Waals surface area contributed by atoms with Gasteiger partial charge in [0.1, 0.15) is 5.75 Å². The van der Waals surface area contributed by atoms with Crippen LogP contribution in [0.25, 0.3) is 0 Å². The van der Waals surface area contributed by atoms with Crippen LogP contribution in [0.15, 0.2) is 72.8 Å². The number of hydrogen-bond donors (Lipinski definition) is 5. The van der Waals surface area contributed by atoms with Gasteiger partial charge in [-0.15, -0.1) is 10.8 Å². The van der Waals surface area contributed by atoms with Crippen LogP contribution in [0.5, 0.6) is 5.75 Å². The summed E-state index contributed by atoms with van der Waals surface area (Å²) in [6.07, 6.45) is 5.72. The lowest BCUT2D eigenvalue weighted by atomic mass is 9.94. The Labute approximate surface area is 257 Å². The number of methoxy groups -OCH3 is 1.